The lowest BCUT2D eigenvalue weighted by atomic mass is 10.00. The number of piperidine rings is 1. The van der Waals surface area contributed by atoms with Gasteiger partial charge in [-0.2, -0.15) is 0 Å². The van der Waals surface area contributed by atoms with Gasteiger partial charge >= 0.3 is 6.01 Å². The summed E-state index contributed by atoms with van der Waals surface area (Å²) in [5, 5.41) is 15.2. The molecular weight excluding hydrogens is 342 g/mol. The van der Waals surface area contributed by atoms with Crippen LogP contribution in [-0.2, 0) is 6.54 Å². The standard InChI is InChI=1S/C17H18ClN5O2/c18-13-5-3-11(4-6-13)8-20-17-23-22-16(25-17)14-10-24-15(21-14)12-2-1-7-19-9-12/h3-6,10,12,19H,1-2,7-9H2,(H,20,23). The van der Waals surface area contributed by atoms with Crippen molar-refractivity contribution in [1.29, 1.82) is 0 Å². The van der Waals surface area contributed by atoms with Crippen molar-refractivity contribution < 1.29 is 8.83 Å². The zero-order chi connectivity index (χ0) is 17.1. The molecule has 2 N–H and O–H groups in total. The molecule has 1 unspecified atom stereocenters. The van der Waals surface area contributed by atoms with Crippen LogP contribution >= 0.6 is 11.6 Å². The van der Waals surface area contributed by atoms with Gasteiger partial charge < -0.3 is 19.5 Å². The molecule has 0 aliphatic carbocycles. The van der Waals surface area contributed by atoms with Gasteiger partial charge in [-0.1, -0.05) is 28.8 Å². The monoisotopic (exact) mass is 359 g/mol. The van der Waals surface area contributed by atoms with Crippen LogP contribution in [0, 0.1) is 0 Å². The maximum atomic E-state index is 5.88. The van der Waals surface area contributed by atoms with E-state index in [1.165, 1.54) is 0 Å². The van der Waals surface area contributed by atoms with E-state index in [1.807, 2.05) is 24.3 Å². The van der Waals surface area contributed by atoms with Crippen molar-refractivity contribution >= 4 is 17.6 Å². The van der Waals surface area contributed by atoms with Gasteiger partial charge in [-0.05, 0) is 37.1 Å². The lowest BCUT2D eigenvalue weighted by Crippen LogP contribution is -2.28. The molecule has 0 spiro atoms. The smallest absolute Gasteiger partial charge is 0.316 e. The Morgan fingerprint density at radius 2 is 2.12 bits per heavy atom. The molecule has 0 radical (unpaired) electrons. The van der Waals surface area contributed by atoms with Crippen molar-refractivity contribution in [2.75, 3.05) is 18.4 Å². The molecule has 1 fully saturated rings. The third-order valence-electron chi connectivity index (χ3n) is 4.17. The van der Waals surface area contributed by atoms with Crippen LogP contribution in [0.3, 0.4) is 0 Å². The summed E-state index contributed by atoms with van der Waals surface area (Å²) in [6.45, 7) is 2.50. The summed E-state index contributed by atoms with van der Waals surface area (Å²) in [6, 6.07) is 7.90. The normalized spacial score (nSPS) is 17.6. The molecule has 4 rings (SSSR count). The van der Waals surface area contributed by atoms with E-state index in [4.69, 9.17) is 20.4 Å². The van der Waals surface area contributed by atoms with Gasteiger partial charge in [-0.3, -0.25) is 0 Å². The number of anilines is 1. The third kappa shape index (κ3) is 3.83. The number of nitrogens with zero attached hydrogens (tertiary/aromatic N) is 3. The topological polar surface area (TPSA) is 89.0 Å². The zero-order valence-corrected chi connectivity index (χ0v) is 14.3. The average Bonchev–Trinajstić information content (AvgIpc) is 3.31. The number of hydrogen-bond donors (Lipinski definition) is 2. The van der Waals surface area contributed by atoms with Crippen LogP contribution in [0.1, 0.15) is 30.2 Å². The molecule has 1 aliphatic heterocycles. The van der Waals surface area contributed by atoms with Crippen molar-refractivity contribution in [2.45, 2.75) is 25.3 Å². The van der Waals surface area contributed by atoms with Gasteiger partial charge in [0.05, 0.1) is 0 Å². The first-order valence-electron chi connectivity index (χ1n) is 8.26. The van der Waals surface area contributed by atoms with Gasteiger partial charge in [-0.15, -0.1) is 5.10 Å². The van der Waals surface area contributed by atoms with Gasteiger partial charge in [0.2, 0.25) is 0 Å². The number of oxazole rings is 1. The van der Waals surface area contributed by atoms with E-state index in [0.717, 1.165) is 37.4 Å². The fourth-order valence-electron chi connectivity index (χ4n) is 2.81. The number of aromatic nitrogens is 3. The van der Waals surface area contributed by atoms with E-state index < -0.39 is 0 Å². The number of benzene rings is 1. The van der Waals surface area contributed by atoms with Crippen molar-refractivity contribution in [1.82, 2.24) is 20.5 Å². The summed E-state index contributed by atoms with van der Waals surface area (Å²) in [5.41, 5.74) is 1.63. The summed E-state index contributed by atoms with van der Waals surface area (Å²) < 4.78 is 11.2. The third-order valence-corrected chi connectivity index (χ3v) is 4.42. The molecule has 1 aromatic carbocycles. The molecule has 0 amide bonds. The first kappa shape index (κ1) is 16.1. The Labute approximate surface area is 149 Å². The molecule has 1 atom stereocenters. The first-order valence-corrected chi connectivity index (χ1v) is 8.64. The Kier molecular flexibility index (Phi) is 4.67. The van der Waals surface area contributed by atoms with Crippen molar-refractivity contribution in [3.63, 3.8) is 0 Å². The van der Waals surface area contributed by atoms with Gasteiger partial charge in [0.15, 0.2) is 11.6 Å². The molecule has 8 heteroatoms. The van der Waals surface area contributed by atoms with E-state index in [1.54, 1.807) is 6.26 Å². The van der Waals surface area contributed by atoms with Crippen LogP contribution < -0.4 is 10.6 Å². The number of nitrogens with one attached hydrogen (secondary N) is 2. The minimum Gasteiger partial charge on any atom is -0.448 e. The summed E-state index contributed by atoms with van der Waals surface area (Å²) in [7, 11) is 0. The molecular formula is C17H18ClN5O2. The minimum atomic E-state index is 0.299. The first-order chi connectivity index (χ1) is 12.3. The van der Waals surface area contributed by atoms with Gasteiger partial charge in [0, 0.05) is 24.0 Å². The molecule has 3 aromatic rings. The number of halogens is 1. The van der Waals surface area contributed by atoms with Crippen LogP contribution in [0.2, 0.25) is 5.02 Å². The lowest BCUT2D eigenvalue weighted by molar-refractivity contribution is 0.376. The van der Waals surface area contributed by atoms with E-state index in [2.05, 4.69) is 25.8 Å². The quantitative estimate of drug-likeness (QED) is 0.721. The SMILES string of the molecule is Clc1ccc(CNc2nnc(-c3coc(C4CCCNC4)n3)o2)cc1. The van der Waals surface area contributed by atoms with Crippen molar-refractivity contribution in [3.8, 4) is 11.6 Å². The lowest BCUT2D eigenvalue weighted by Gasteiger charge is -2.19. The van der Waals surface area contributed by atoms with E-state index in [-0.39, 0.29) is 0 Å². The second kappa shape index (κ2) is 7.25. The minimum absolute atomic E-state index is 0.299. The maximum Gasteiger partial charge on any atom is 0.316 e. The Bertz CT molecular complexity index is 824. The summed E-state index contributed by atoms with van der Waals surface area (Å²) >= 11 is 5.88. The average molecular weight is 360 g/mol. The molecule has 2 aromatic heterocycles. The van der Waals surface area contributed by atoms with Gasteiger partial charge in [0.1, 0.15) is 6.26 Å². The van der Waals surface area contributed by atoms with Crippen molar-refractivity contribution in [3.05, 3.63) is 47.0 Å². The van der Waals surface area contributed by atoms with E-state index in [9.17, 15) is 0 Å². The second-order valence-electron chi connectivity index (χ2n) is 6.01. The van der Waals surface area contributed by atoms with Gasteiger partial charge in [0.25, 0.3) is 5.89 Å². The number of rotatable bonds is 5. The van der Waals surface area contributed by atoms with E-state index >= 15 is 0 Å². The molecule has 7 nitrogen and oxygen atoms in total. The number of hydrogen-bond acceptors (Lipinski definition) is 7. The maximum absolute atomic E-state index is 5.88. The summed E-state index contributed by atoms with van der Waals surface area (Å²) in [5.74, 6) is 1.36. The molecule has 130 valence electrons. The van der Waals surface area contributed by atoms with Crippen LogP contribution in [0.25, 0.3) is 11.6 Å². The van der Waals surface area contributed by atoms with Crippen LogP contribution in [-0.4, -0.2) is 28.3 Å². The molecule has 0 bridgehead atoms. The predicted octanol–water partition coefficient (Wildman–Crippen LogP) is 3.46. The Morgan fingerprint density at radius 3 is 2.92 bits per heavy atom. The van der Waals surface area contributed by atoms with Crippen LogP contribution in [0.4, 0.5) is 6.01 Å². The highest BCUT2D eigenvalue weighted by atomic mass is 35.5. The van der Waals surface area contributed by atoms with Crippen LogP contribution in [0.5, 0.6) is 0 Å². The molecule has 0 saturated carbocycles. The van der Waals surface area contributed by atoms with Crippen molar-refractivity contribution in [2.24, 2.45) is 0 Å². The predicted molar refractivity (Wildman–Crippen MR) is 93.4 cm³/mol. The zero-order valence-electron chi connectivity index (χ0n) is 13.5. The fourth-order valence-corrected chi connectivity index (χ4v) is 2.94. The molecule has 25 heavy (non-hydrogen) atoms. The molecule has 1 saturated heterocycles. The fraction of sp³-hybridized carbons (Fsp3) is 0.353. The van der Waals surface area contributed by atoms with Gasteiger partial charge in [-0.25, -0.2) is 4.98 Å². The highest BCUT2D eigenvalue weighted by Gasteiger charge is 2.22. The largest absolute Gasteiger partial charge is 0.448 e. The summed E-state index contributed by atoms with van der Waals surface area (Å²) in [6.07, 6.45) is 3.77. The van der Waals surface area contributed by atoms with Crippen LogP contribution in [0.15, 0.2) is 39.4 Å². The Balaban J connectivity index is 1.40. The highest BCUT2D eigenvalue weighted by Crippen LogP contribution is 2.26. The molecule has 1 aliphatic rings. The molecule has 3 heterocycles. The second-order valence-corrected chi connectivity index (χ2v) is 6.44. The van der Waals surface area contributed by atoms with E-state index in [0.29, 0.717) is 35.1 Å². The summed E-state index contributed by atoms with van der Waals surface area (Å²) in [4.78, 5) is 4.50. The Hall–Kier alpha value is -2.38. The highest BCUT2D eigenvalue weighted by molar-refractivity contribution is 6.30. The Morgan fingerprint density at radius 1 is 1.24 bits per heavy atom.